The van der Waals surface area contributed by atoms with Crippen molar-refractivity contribution in [1.29, 1.82) is 0 Å². The summed E-state index contributed by atoms with van der Waals surface area (Å²) in [7, 11) is 0. The minimum absolute atomic E-state index is 0.128. The highest BCUT2D eigenvalue weighted by molar-refractivity contribution is 5.10. The Bertz CT molecular complexity index is 386. The van der Waals surface area contributed by atoms with E-state index in [1.54, 1.807) is 5.01 Å². The number of nitrogens with zero attached hydrogens (tertiary/aromatic N) is 2. The van der Waals surface area contributed by atoms with Crippen LogP contribution in [-0.4, -0.2) is 49.2 Å². The molecule has 0 atom stereocenters. The summed E-state index contributed by atoms with van der Waals surface area (Å²) < 4.78 is 0. The average molecular weight is 324 g/mol. The molecule has 0 aromatic carbocycles. The lowest BCUT2D eigenvalue weighted by molar-refractivity contribution is 0.252. The van der Waals surface area contributed by atoms with Gasteiger partial charge in [-0.15, -0.1) is 5.92 Å². The van der Waals surface area contributed by atoms with Crippen LogP contribution < -0.4 is 16.9 Å². The van der Waals surface area contributed by atoms with Gasteiger partial charge >= 0.3 is 0 Å². The van der Waals surface area contributed by atoms with Gasteiger partial charge < -0.3 is 16.1 Å². The molecule has 23 heavy (non-hydrogen) atoms. The van der Waals surface area contributed by atoms with Gasteiger partial charge in [0.25, 0.3) is 0 Å². The zero-order chi connectivity index (χ0) is 17.7. The monoisotopic (exact) mass is 323 g/mol. The smallest absolute Gasteiger partial charge is 0.0496 e. The van der Waals surface area contributed by atoms with Crippen molar-refractivity contribution in [1.82, 2.24) is 15.2 Å². The summed E-state index contributed by atoms with van der Waals surface area (Å²) in [6.45, 7) is 16.1. The molecule has 0 spiro atoms. The molecular formula is C18H37N5. The summed E-state index contributed by atoms with van der Waals surface area (Å²) in [5, 5.41) is 4.98. The summed E-state index contributed by atoms with van der Waals surface area (Å²) in [5.41, 5.74) is 6.74. The molecule has 0 unspecified atom stereocenters. The minimum atomic E-state index is -0.128. The molecule has 5 nitrogen and oxygen atoms in total. The van der Waals surface area contributed by atoms with Gasteiger partial charge in [-0.2, -0.15) is 0 Å². The third-order valence-corrected chi connectivity index (χ3v) is 3.13. The van der Waals surface area contributed by atoms with E-state index in [1.807, 2.05) is 6.20 Å². The van der Waals surface area contributed by atoms with E-state index in [9.17, 15) is 0 Å². The highest BCUT2D eigenvalue weighted by atomic mass is 15.4. The van der Waals surface area contributed by atoms with Gasteiger partial charge in [0.2, 0.25) is 0 Å². The van der Waals surface area contributed by atoms with Gasteiger partial charge in [0, 0.05) is 63.0 Å². The second kappa shape index (κ2) is 12.2. The standard InChI is InChI=1S/C15H29N5.C3H8/c1-4-5-6-15(2,3)13-20(17)12-14(16)11-19-9-7-18-8-10-19;1-3-2/h12,18H,4,7-11,13,16-17H2,1-3H3;3H2,1-2H3/b14-12-;. The fourth-order valence-corrected chi connectivity index (χ4v) is 2.25. The zero-order valence-electron chi connectivity index (χ0n) is 15.8. The molecule has 0 amide bonds. The fourth-order valence-electron chi connectivity index (χ4n) is 2.25. The van der Waals surface area contributed by atoms with E-state index in [0.29, 0.717) is 6.54 Å². The first-order valence-corrected chi connectivity index (χ1v) is 8.75. The predicted octanol–water partition coefficient (Wildman–Crippen LogP) is 1.72. The molecule has 1 aliphatic heterocycles. The quantitative estimate of drug-likeness (QED) is 0.408. The van der Waals surface area contributed by atoms with Crippen molar-refractivity contribution in [3.05, 3.63) is 11.9 Å². The summed E-state index contributed by atoms with van der Waals surface area (Å²) in [5.74, 6) is 12.4. The Morgan fingerprint density at radius 1 is 1.26 bits per heavy atom. The number of nitrogens with two attached hydrogens (primary N) is 2. The maximum atomic E-state index is 6.07. The molecule has 1 saturated heterocycles. The van der Waals surface area contributed by atoms with E-state index >= 15 is 0 Å². The van der Waals surface area contributed by atoms with E-state index in [0.717, 1.165) is 44.8 Å². The molecular weight excluding hydrogens is 286 g/mol. The van der Waals surface area contributed by atoms with Gasteiger partial charge in [-0.05, 0) is 13.8 Å². The van der Waals surface area contributed by atoms with Crippen LogP contribution in [0.2, 0.25) is 0 Å². The van der Waals surface area contributed by atoms with E-state index in [4.69, 9.17) is 11.6 Å². The highest BCUT2D eigenvalue weighted by Crippen LogP contribution is 2.14. The summed E-state index contributed by atoms with van der Waals surface area (Å²) >= 11 is 0. The second-order valence-electron chi connectivity index (χ2n) is 6.65. The van der Waals surface area contributed by atoms with Crippen molar-refractivity contribution in [2.24, 2.45) is 17.0 Å². The minimum Gasteiger partial charge on any atom is -0.400 e. The van der Waals surface area contributed by atoms with Crippen LogP contribution in [-0.2, 0) is 0 Å². The lowest BCUT2D eigenvalue weighted by atomic mass is 9.94. The van der Waals surface area contributed by atoms with E-state index in [1.165, 1.54) is 6.42 Å². The number of hydrogen-bond donors (Lipinski definition) is 3. The first-order valence-electron chi connectivity index (χ1n) is 8.75. The van der Waals surface area contributed by atoms with Crippen LogP contribution in [0.1, 0.15) is 47.5 Å². The molecule has 1 heterocycles. The third kappa shape index (κ3) is 11.9. The van der Waals surface area contributed by atoms with Crippen LogP contribution in [0.25, 0.3) is 0 Å². The summed E-state index contributed by atoms with van der Waals surface area (Å²) in [6.07, 6.45) is 3.95. The van der Waals surface area contributed by atoms with Crippen molar-refractivity contribution in [2.75, 3.05) is 39.3 Å². The van der Waals surface area contributed by atoms with Gasteiger partial charge in [0.05, 0.1) is 0 Å². The second-order valence-corrected chi connectivity index (χ2v) is 6.65. The SMILES string of the molecule is CCC.CCC#CC(C)(C)CN(N)/C=C(\N)CN1CCNCC1. The largest absolute Gasteiger partial charge is 0.400 e. The summed E-state index contributed by atoms with van der Waals surface area (Å²) in [6, 6.07) is 0. The number of nitrogens with one attached hydrogen (secondary N) is 1. The number of piperazine rings is 1. The predicted molar refractivity (Wildman–Crippen MR) is 100 cm³/mol. The third-order valence-electron chi connectivity index (χ3n) is 3.13. The molecule has 1 fully saturated rings. The van der Waals surface area contributed by atoms with Crippen molar-refractivity contribution in [3.8, 4) is 11.8 Å². The molecule has 1 rings (SSSR count). The zero-order valence-corrected chi connectivity index (χ0v) is 15.8. The Morgan fingerprint density at radius 2 is 1.83 bits per heavy atom. The average Bonchev–Trinajstić information content (AvgIpc) is 2.46. The van der Waals surface area contributed by atoms with Crippen LogP contribution in [0.15, 0.2) is 11.9 Å². The highest BCUT2D eigenvalue weighted by Gasteiger charge is 2.17. The first kappa shape index (κ1) is 21.8. The van der Waals surface area contributed by atoms with Crippen LogP contribution in [0.5, 0.6) is 0 Å². The Balaban J connectivity index is 0.00000149. The van der Waals surface area contributed by atoms with Crippen LogP contribution >= 0.6 is 0 Å². The van der Waals surface area contributed by atoms with E-state index < -0.39 is 0 Å². The lowest BCUT2D eigenvalue weighted by Gasteiger charge is -2.28. The fraction of sp³-hybridized carbons (Fsp3) is 0.778. The summed E-state index contributed by atoms with van der Waals surface area (Å²) in [4.78, 5) is 2.33. The Labute approximate surface area is 143 Å². The Morgan fingerprint density at radius 3 is 2.35 bits per heavy atom. The van der Waals surface area contributed by atoms with Crippen molar-refractivity contribution in [3.63, 3.8) is 0 Å². The van der Waals surface area contributed by atoms with E-state index in [2.05, 4.69) is 56.7 Å². The normalized spacial score (nSPS) is 16.0. The van der Waals surface area contributed by atoms with Gasteiger partial charge in [0.1, 0.15) is 0 Å². The number of hydrazine groups is 1. The van der Waals surface area contributed by atoms with Gasteiger partial charge in [-0.3, -0.25) is 4.90 Å². The molecule has 0 saturated carbocycles. The first-order chi connectivity index (χ1) is 10.8. The van der Waals surface area contributed by atoms with Gasteiger partial charge in [0.15, 0.2) is 0 Å². The van der Waals surface area contributed by atoms with Crippen molar-refractivity contribution >= 4 is 0 Å². The van der Waals surface area contributed by atoms with Crippen molar-refractivity contribution < 1.29 is 0 Å². The van der Waals surface area contributed by atoms with Crippen molar-refractivity contribution in [2.45, 2.75) is 47.5 Å². The Kier molecular flexibility index (Phi) is 11.6. The number of rotatable bonds is 5. The van der Waals surface area contributed by atoms with Crippen LogP contribution in [0, 0.1) is 17.3 Å². The van der Waals surface area contributed by atoms with Crippen LogP contribution in [0.3, 0.4) is 0 Å². The van der Waals surface area contributed by atoms with Gasteiger partial charge in [-0.25, -0.2) is 5.84 Å². The molecule has 0 aliphatic carbocycles. The van der Waals surface area contributed by atoms with Crippen LogP contribution in [0.4, 0.5) is 0 Å². The van der Waals surface area contributed by atoms with E-state index in [-0.39, 0.29) is 5.41 Å². The number of hydrogen-bond acceptors (Lipinski definition) is 5. The topological polar surface area (TPSA) is 70.5 Å². The Hall–Kier alpha value is -1.22. The molecule has 0 aromatic heterocycles. The molecule has 1 aliphatic rings. The molecule has 5 heteroatoms. The molecule has 134 valence electrons. The van der Waals surface area contributed by atoms with Gasteiger partial charge in [-0.1, -0.05) is 33.1 Å². The maximum absolute atomic E-state index is 6.07. The molecule has 5 N–H and O–H groups in total. The molecule has 0 radical (unpaired) electrons. The lowest BCUT2D eigenvalue weighted by Crippen LogP contribution is -2.45. The maximum Gasteiger partial charge on any atom is 0.0496 e. The molecule has 0 aromatic rings. The molecule has 0 bridgehead atoms.